The smallest absolute Gasteiger partial charge is 0.254 e. The Labute approximate surface area is 155 Å². The van der Waals surface area contributed by atoms with Crippen LogP contribution in [0.5, 0.6) is 0 Å². The Hall–Kier alpha value is -2.20. The zero-order valence-corrected chi connectivity index (χ0v) is 15.7. The van der Waals surface area contributed by atoms with E-state index in [0.717, 1.165) is 48.6 Å². The van der Waals surface area contributed by atoms with Crippen LogP contribution in [0.2, 0.25) is 0 Å². The predicted molar refractivity (Wildman–Crippen MR) is 103 cm³/mol. The lowest BCUT2D eigenvalue weighted by Crippen LogP contribution is -2.44. The van der Waals surface area contributed by atoms with Crippen molar-refractivity contribution in [1.82, 2.24) is 14.8 Å². The molecule has 5 rings (SSSR count). The second-order valence-corrected chi connectivity index (χ2v) is 7.88. The number of amides is 1. The molecule has 4 nitrogen and oxygen atoms in total. The van der Waals surface area contributed by atoms with E-state index < -0.39 is 0 Å². The average molecular weight is 349 g/mol. The van der Waals surface area contributed by atoms with E-state index in [1.54, 1.807) is 0 Å². The summed E-state index contributed by atoms with van der Waals surface area (Å²) in [5.41, 5.74) is 4.20. The highest BCUT2D eigenvalue weighted by Gasteiger charge is 2.36. The molecule has 2 aromatic rings. The maximum atomic E-state index is 13.2. The van der Waals surface area contributed by atoms with Gasteiger partial charge in [-0.1, -0.05) is 23.8 Å². The van der Waals surface area contributed by atoms with Crippen molar-refractivity contribution >= 4 is 5.91 Å². The van der Waals surface area contributed by atoms with Gasteiger partial charge in [-0.05, 0) is 56.4 Å². The van der Waals surface area contributed by atoms with Crippen molar-refractivity contribution in [3.05, 3.63) is 65.0 Å². The molecule has 3 aliphatic heterocycles. The molecular weight excluding hydrogens is 322 g/mol. The van der Waals surface area contributed by atoms with Crippen molar-refractivity contribution < 1.29 is 4.79 Å². The van der Waals surface area contributed by atoms with Crippen LogP contribution in [-0.4, -0.2) is 46.4 Å². The Morgan fingerprint density at radius 3 is 2.81 bits per heavy atom. The van der Waals surface area contributed by atoms with Gasteiger partial charge in [0.05, 0.1) is 5.69 Å². The van der Waals surface area contributed by atoms with E-state index in [1.807, 2.05) is 25.3 Å². The van der Waals surface area contributed by atoms with Crippen LogP contribution in [0.4, 0.5) is 0 Å². The second kappa shape index (κ2) is 7.20. The highest BCUT2D eigenvalue weighted by atomic mass is 16.2. The Balaban J connectivity index is 1.52. The largest absolute Gasteiger partial charge is 0.337 e. The summed E-state index contributed by atoms with van der Waals surface area (Å²) < 4.78 is 0. The van der Waals surface area contributed by atoms with Crippen LogP contribution in [0.15, 0.2) is 42.6 Å². The van der Waals surface area contributed by atoms with Crippen LogP contribution in [0.1, 0.15) is 40.0 Å². The normalized spacial score (nSPS) is 23.1. The molecule has 2 atom stereocenters. The van der Waals surface area contributed by atoms with Crippen molar-refractivity contribution in [2.24, 2.45) is 5.92 Å². The van der Waals surface area contributed by atoms with Gasteiger partial charge in [-0.15, -0.1) is 0 Å². The molecule has 0 radical (unpaired) electrons. The molecule has 4 heterocycles. The Kier molecular flexibility index (Phi) is 4.77. The lowest BCUT2D eigenvalue weighted by atomic mass is 9.95. The summed E-state index contributed by atoms with van der Waals surface area (Å²) in [5, 5.41) is 0. The van der Waals surface area contributed by atoms with Crippen LogP contribution in [0, 0.1) is 19.8 Å². The highest BCUT2D eigenvalue weighted by Crippen LogP contribution is 2.30. The standard InChI is InChI=1S/C22H27N3O/c1-16-6-7-17(2)21(11-16)22(26)25-13-18-8-9-20(15-25)24(12-18)14-19-5-3-4-10-23-19/h3-7,10-11,18,20H,8-9,12-15H2,1-2H3/t18-,20-/m0/s1. The molecule has 0 spiro atoms. The third-order valence-electron chi connectivity index (χ3n) is 5.83. The molecule has 0 unspecified atom stereocenters. The van der Waals surface area contributed by atoms with Gasteiger partial charge in [0.2, 0.25) is 0 Å². The summed E-state index contributed by atoms with van der Waals surface area (Å²) in [6.45, 7) is 7.74. The number of rotatable bonds is 3. The van der Waals surface area contributed by atoms with Crippen molar-refractivity contribution in [3.8, 4) is 0 Å². The third-order valence-corrected chi connectivity index (χ3v) is 5.83. The fourth-order valence-corrected chi connectivity index (χ4v) is 4.37. The number of carbonyl (C=O) groups excluding carboxylic acids is 1. The molecule has 3 aliphatic rings. The SMILES string of the molecule is Cc1ccc(C)c(C(=O)N2C[C@H]3CC[C@@H](C2)N(Cc2ccccn2)C3)c1. The van der Waals surface area contributed by atoms with Gasteiger partial charge in [-0.3, -0.25) is 14.7 Å². The van der Waals surface area contributed by atoms with Gasteiger partial charge in [0.1, 0.15) is 0 Å². The number of aromatic nitrogens is 1. The van der Waals surface area contributed by atoms with Crippen molar-refractivity contribution in [2.75, 3.05) is 19.6 Å². The van der Waals surface area contributed by atoms with E-state index in [0.29, 0.717) is 12.0 Å². The fourth-order valence-electron chi connectivity index (χ4n) is 4.37. The van der Waals surface area contributed by atoms with E-state index >= 15 is 0 Å². The molecule has 3 fully saturated rings. The molecule has 2 bridgehead atoms. The third kappa shape index (κ3) is 3.51. The number of pyridine rings is 1. The minimum Gasteiger partial charge on any atom is -0.337 e. The van der Waals surface area contributed by atoms with E-state index in [4.69, 9.17) is 0 Å². The number of piperidine rings is 1. The van der Waals surface area contributed by atoms with Crippen LogP contribution >= 0.6 is 0 Å². The fraction of sp³-hybridized carbons (Fsp3) is 0.455. The number of aryl methyl sites for hydroxylation is 2. The lowest BCUT2D eigenvalue weighted by Gasteiger charge is -2.35. The molecular formula is C22H27N3O. The van der Waals surface area contributed by atoms with Gasteiger partial charge < -0.3 is 4.90 Å². The van der Waals surface area contributed by atoms with Crippen molar-refractivity contribution in [3.63, 3.8) is 0 Å². The number of nitrogens with zero attached hydrogens (tertiary/aromatic N) is 3. The van der Waals surface area contributed by atoms with E-state index in [9.17, 15) is 4.79 Å². The van der Waals surface area contributed by atoms with Gasteiger partial charge in [-0.25, -0.2) is 0 Å². The molecule has 1 aromatic heterocycles. The highest BCUT2D eigenvalue weighted by molar-refractivity contribution is 5.96. The molecule has 26 heavy (non-hydrogen) atoms. The molecule has 0 N–H and O–H groups in total. The zero-order chi connectivity index (χ0) is 18.1. The first-order chi connectivity index (χ1) is 12.6. The van der Waals surface area contributed by atoms with Gasteiger partial charge in [0, 0.05) is 44.0 Å². The monoisotopic (exact) mass is 349 g/mol. The lowest BCUT2D eigenvalue weighted by molar-refractivity contribution is 0.0735. The van der Waals surface area contributed by atoms with Crippen LogP contribution in [-0.2, 0) is 6.54 Å². The van der Waals surface area contributed by atoms with Gasteiger partial charge in [0.15, 0.2) is 0 Å². The second-order valence-electron chi connectivity index (χ2n) is 7.88. The summed E-state index contributed by atoms with van der Waals surface area (Å²) >= 11 is 0. The summed E-state index contributed by atoms with van der Waals surface area (Å²) in [4.78, 5) is 22.3. The zero-order valence-electron chi connectivity index (χ0n) is 15.7. The average Bonchev–Trinajstić information content (AvgIpc) is 2.96. The molecule has 0 saturated carbocycles. The number of benzene rings is 1. The summed E-state index contributed by atoms with van der Waals surface area (Å²) in [5.74, 6) is 0.759. The molecule has 1 aromatic carbocycles. The molecule has 1 amide bonds. The first-order valence-corrected chi connectivity index (χ1v) is 9.60. The van der Waals surface area contributed by atoms with E-state index in [-0.39, 0.29) is 5.91 Å². The topological polar surface area (TPSA) is 36.4 Å². The van der Waals surface area contributed by atoms with Crippen LogP contribution < -0.4 is 0 Å². The quantitative estimate of drug-likeness (QED) is 0.852. The van der Waals surface area contributed by atoms with Crippen LogP contribution in [0.3, 0.4) is 0 Å². The summed E-state index contributed by atoms with van der Waals surface area (Å²) in [6.07, 6.45) is 4.26. The van der Waals surface area contributed by atoms with Gasteiger partial charge in [0.25, 0.3) is 5.91 Å². The molecule has 136 valence electrons. The predicted octanol–water partition coefficient (Wildman–Crippen LogP) is 3.44. The summed E-state index contributed by atoms with van der Waals surface area (Å²) in [6, 6.07) is 12.7. The van der Waals surface area contributed by atoms with E-state index in [2.05, 4.69) is 46.0 Å². The maximum Gasteiger partial charge on any atom is 0.254 e. The molecule has 3 saturated heterocycles. The van der Waals surface area contributed by atoms with Gasteiger partial charge in [-0.2, -0.15) is 0 Å². The number of fused-ring (bicyclic) bond motifs is 4. The minimum atomic E-state index is 0.197. The first kappa shape index (κ1) is 17.2. The van der Waals surface area contributed by atoms with Gasteiger partial charge >= 0.3 is 0 Å². The maximum absolute atomic E-state index is 13.2. The Morgan fingerprint density at radius 1 is 1.12 bits per heavy atom. The van der Waals surface area contributed by atoms with Crippen molar-refractivity contribution in [2.45, 2.75) is 39.3 Å². The first-order valence-electron chi connectivity index (χ1n) is 9.60. The Morgan fingerprint density at radius 2 is 2.00 bits per heavy atom. The Bertz CT molecular complexity index is 789. The number of carbonyl (C=O) groups is 1. The van der Waals surface area contributed by atoms with E-state index in [1.165, 1.54) is 12.8 Å². The molecule has 0 aliphatic carbocycles. The number of hydrogen-bond acceptors (Lipinski definition) is 3. The van der Waals surface area contributed by atoms with Crippen molar-refractivity contribution in [1.29, 1.82) is 0 Å². The van der Waals surface area contributed by atoms with Crippen LogP contribution in [0.25, 0.3) is 0 Å². The summed E-state index contributed by atoms with van der Waals surface area (Å²) in [7, 11) is 0. The molecule has 4 heteroatoms. The number of hydrogen-bond donors (Lipinski definition) is 0. The minimum absolute atomic E-state index is 0.197.